The smallest absolute Gasteiger partial charge is 0.319 e. The minimum Gasteiger partial charge on any atom is -0.390 e. The van der Waals surface area contributed by atoms with Crippen molar-refractivity contribution < 1.29 is 46.6 Å². The van der Waals surface area contributed by atoms with Gasteiger partial charge in [0.1, 0.15) is 36.4 Å². The molecule has 0 bridgehead atoms. The van der Waals surface area contributed by atoms with Gasteiger partial charge < -0.3 is 44.5 Å². The first-order valence-corrected chi connectivity index (χ1v) is 15.1. The van der Waals surface area contributed by atoms with E-state index in [0.717, 1.165) is 10.9 Å². The highest BCUT2D eigenvalue weighted by Gasteiger charge is 2.49. The molecule has 2 fully saturated rings. The molecule has 2 aliphatic heterocycles. The number of alkyl halides is 1. The first-order valence-electron chi connectivity index (χ1n) is 12.6. The molecule has 6 rings (SSSR count). The Morgan fingerprint density at radius 1 is 1.05 bits per heavy atom. The molecule has 232 valence electrons. The van der Waals surface area contributed by atoms with E-state index in [2.05, 4.69) is 29.9 Å². The van der Waals surface area contributed by atoms with Gasteiger partial charge in [-0.3, -0.25) is 28.0 Å². The zero-order chi connectivity index (χ0) is 30.4. The molecule has 9 atom stereocenters. The van der Waals surface area contributed by atoms with Crippen molar-refractivity contribution in [2.75, 3.05) is 24.7 Å². The Hall–Kier alpha value is -3.39. The number of hydrogen-bond donors (Lipinski definition) is 5. The molecule has 0 aromatic carbocycles. The lowest BCUT2D eigenvalue weighted by Crippen LogP contribution is -2.33. The number of nitrogens with one attached hydrogen (secondary N) is 1. The lowest BCUT2D eigenvalue weighted by Gasteiger charge is -2.20. The molecule has 2 unspecified atom stereocenters. The van der Waals surface area contributed by atoms with E-state index in [0.29, 0.717) is 11.2 Å². The Labute approximate surface area is 240 Å². The number of aromatic nitrogens is 8. The summed E-state index contributed by atoms with van der Waals surface area (Å²) < 4.78 is 69.3. The maximum atomic E-state index is 15.7. The highest BCUT2D eigenvalue weighted by atomic mass is 31.1. The summed E-state index contributed by atoms with van der Waals surface area (Å²) in [4.78, 5) is 43.6. The topological polar surface area (TPSA) is 280 Å². The van der Waals surface area contributed by atoms with E-state index in [4.69, 9.17) is 39.4 Å². The number of fused-ring (bicyclic) bond motifs is 2. The number of ether oxygens (including phenoxy) is 2. The minimum absolute atomic E-state index is 0.101. The highest BCUT2D eigenvalue weighted by molar-refractivity contribution is 7.33. The summed E-state index contributed by atoms with van der Waals surface area (Å²) in [6.07, 6.45) is -5.29. The molecule has 7 N–H and O–H groups in total. The van der Waals surface area contributed by atoms with Crippen LogP contribution in [0.3, 0.4) is 0 Å². The largest absolute Gasteiger partial charge is 0.390 e. The molecule has 0 radical (unpaired) electrons. The van der Waals surface area contributed by atoms with Gasteiger partial charge in [-0.2, -0.15) is 4.98 Å². The van der Waals surface area contributed by atoms with E-state index in [-0.39, 0.29) is 29.4 Å². The zero-order valence-electron chi connectivity index (χ0n) is 21.7. The fourth-order valence-corrected chi connectivity index (χ4v) is 6.07. The van der Waals surface area contributed by atoms with E-state index >= 15 is 4.39 Å². The predicted molar refractivity (Wildman–Crippen MR) is 143 cm³/mol. The van der Waals surface area contributed by atoms with Crippen LogP contribution >= 0.6 is 16.5 Å². The standard InChI is InChI=1S/C20H25FN10O10P2/c21-11-14(9(3-37-42(34)35)40-19(11)31-6-27-13-17(31)28-20(23)29-18(13)33)41-43(36)38-2-8-7(32)1-10(39-8)30-5-26-12-15(22)24-4-25-16(12)30/h4-11,14,19,32,42-43H,1-3H2,(H,34,35)(H2,22,24,25)(H3,23,28,29,33)/t7-,8+,9+,10+,11+,14+,19+/m0/s1. The predicted octanol–water partition coefficient (Wildman–Crippen LogP) is -0.802. The van der Waals surface area contributed by atoms with Crippen LogP contribution in [-0.4, -0.2) is 92.8 Å². The van der Waals surface area contributed by atoms with Gasteiger partial charge in [-0.1, -0.05) is 0 Å². The van der Waals surface area contributed by atoms with Crippen LogP contribution in [-0.2, 0) is 32.2 Å². The van der Waals surface area contributed by atoms with E-state index < -0.39 is 78.3 Å². The Bertz CT molecular complexity index is 1750. The molecule has 23 heteroatoms. The summed E-state index contributed by atoms with van der Waals surface area (Å²) in [5, 5.41) is 10.5. The van der Waals surface area contributed by atoms with E-state index in [1.807, 2.05) is 0 Å². The van der Waals surface area contributed by atoms with Crippen LogP contribution in [0.1, 0.15) is 18.9 Å². The van der Waals surface area contributed by atoms with Crippen LogP contribution in [0.2, 0.25) is 0 Å². The number of imidazole rings is 2. The number of nitrogen functional groups attached to an aromatic ring is 2. The van der Waals surface area contributed by atoms with Crippen molar-refractivity contribution in [2.24, 2.45) is 0 Å². The Morgan fingerprint density at radius 2 is 1.79 bits per heavy atom. The SMILES string of the molecule is Nc1nc2c(ncn2[C@@H]2O[C@H](CO[PH](=O)O)[C@@H](O[PH](=O)OC[C@H]3O[C@@H](n4cnc5c(N)ncnc54)C[C@@H]3O)[C@H]2F)c(=O)[nH]1. The second-order valence-corrected chi connectivity index (χ2v) is 11.4. The minimum atomic E-state index is -3.46. The molecule has 2 aliphatic rings. The van der Waals surface area contributed by atoms with Gasteiger partial charge in [0.2, 0.25) is 5.95 Å². The van der Waals surface area contributed by atoms with Gasteiger partial charge in [0.15, 0.2) is 35.0 Å². The van der Waals surface area contributed by atoms with Crippen molar-refractivity contribution >= 4 is 50.6 Å². The van der Waals surface area contributed by atoms with Crippen LogP contribution in [0.5, 0.6) is 0 Å². The molecule has 4 aromatic heterocycles. The second kappa shape index (κ2) is 11.9. The third kappa shape index (κ3) is 5.78. The number of aliphatic hydroxyl groups is 1. The van der Waals surface area contributed by atoms with Gasteiger partial charge in [0, 0.05) is 6.42 Å². The number of hydrogen-bond acceptors (Lipinski definition) is 16. The Balaban J connectivity index is 1.13. The fraction of sp³-hybridized carbons (Fsp3) is 0.500. The number of aliphatic hydroxyl groups excluding tert-OH is 1. The number of halogens is 1. The second-order valence-electron chi connectivity index (χ2n) is 9.52. The van der Waals surface area contributed by atoms with Crippen LogP contribution in [0.25, 0.3) is 22.3 Å². The average Bonchev–Trinajstić information content (AvgIpc) is 3.72. The Kier molecular flexibility index (Phi) is 8.24. The number of rotatable bonds is 10. The number of H-pyrrole nitrogens is 1. The normalized spacial score (nSPS) is 29.0. The molecular formula is C20H25FN10O10P2. The molecule has 0 amide bonds. The number of anilines is 2. The lowest BCUT2D eigenvalue weighted by molar-refractivity contribution is -0.0462. The van der Waals surface area contributed by atoms with Crippen LogP contribution < -0.4 is 17.0 Å². The Morgan fingerprint density at radius 3 is 2.58 bits per heavy atom. The molecule has 4 aromatic rings. The summed E-state index contributed by atoms with van der Waals surface area (Å²) in [7, 11) is -6.90. The quantitative estimate of drug-likeness (QED) is 0.132. The van der Waals surface area contributed by atoms with Crippen LogP contribution in [0.15, 0.2) is 23.8 Å². The van der Waals surface area contributed by atoms with Crippen molar-refractivity contribution in [1.82, 2.24) is 39.0 Å². The number of aromatic amines is 1. The van der Waals surface area contributed by atoms with Crippen molar-refractivity contribution in [3.63, 3.8) is 0 Å². The molecule has 0 spiro atoms. The first kappa shape index (κ1) is 29.7. The van der Waals surface area contributed by atoms with Crippen LogP contribution in [0.4, 0.5) is 16.2 Å². The van der Waals surface area contributed by atoms with Gasteiger partial charge >= 0.3 is 16.5 Å². The summed E-state index contributed by atoms with van der Waals surface area (Å²) in [6, 6.07) is 0. The zero-order valence-corrected chi connectivity index (χ0v) is 23.7. The number of nitrogens with two attached hydrogens (primary N) is 2. The monoisotopic (exact) mass is 646 g/mol. The fourth-order valence-electron chi connectivity index (χ4n) is 4.89. The molecule has 0 aliphatic carbocycles. The first-order chi connectivity index (χ1) is 20.6. The molecule has 0 saturated carbocycles. The summed E-state index contributed by atoms with van der Waals surface area (Å²) in [5.41, 5.74) is 11.3. The number of nitrogens with zero attached hydrogens (tertiary/aromatic N) is 7. The summed E-state index contributed by atoms with van der Waals surface area (Å²) in [5.74, 6) is -0.0810. The third-order valence-electron chi connectivity index (χ3n) is 6.86. The molecular weight excluding hydrogens is 621 g/mol. The van der Waals surface area contributed by atoms with Crippen molar-refractivity contribution in [2.45, 2.75) is 49.5 Å². The van der Waals surface area contributed by atoms with Crippen molar-refractivity contribution in [1.29, 1.82) is 0 Å². The van der Waals surface area contributed by atoms with Gasteiger partial charge in [-0.15, -0.1) is 0 Å². The molecule has 6 heterocycles. The third-order valence-corrected chi connectivity index (χ3v) is 8.14. The maximum Gasteiger partial charge on any atom is 0.319 e. The molecule has 20 nitrogen and oxygen atoms in total. The summed E-state index contributed by atoms with van der Waals surface area (Å²) in [6.45, 7) is -0.996. The van der Waals surface area contributed by atoms with E-state index in [9.17, 15) is 19.0 Å². The van der Waals surface area contributed by atoms with Gasteiger partial charge in [-0.05, 0) is 0 Å². The van der Waals surface area contributed by atoms with Crippen molar-refractivity contribution in [3.05, 3.63) is 29.3 Å². The molecule has 43 heavy (non-hydrogen) atoms. The van der Waals surface area contributed by atoms with Crippen molar-refractivity contribution in [3.8, 4) is 0 Å². The van der Waals surface area contributed by atoms with E-state index in [1.54, 1.807) is 4.57 Å². The molecule has 2 saturated heterocycles. The lowest BCUT2D eigenvalue weighted by atomic mass is 10.1. The maximum absolute atomic E-state index is 15.7. The van der Waals surface area contributed by atoms with Gasteiger partial charge in [0.25, 0.3) is 5.56 Å². The average molecular weight is 646 g/mol. The van der Waals surface area contributed by atoms with E-state index in [1.165, 1.54) is 12.7 Å². The van der Waals surface area contributed by atoms with Gasteiger partial charge in [-0.25, -0.2) is 24.3 Å². The summed E-state index contributed by atoms with van der Waals surface area (Å²) >= 11 is 0. The highest BCUT2D eigenvalue weighted by Crippen LogP contribution is 2.42. The van der Waals surface area contributed by atoms with Gasteiger partial charge in [0.05, 0.1) is 32.0 Å². The van der Waals surface area contributed by atoms with Crippen LogP contribution in [0, 0.1) is 0 Å².